The molecule has 0 saturated heterocycles. The topological polar surface area (TPSA) is 63.2 Å². The molecule has 2 aromatic carbocycles. The van der Waals surface area contributed by atoms with Crippen LogP contribution in [-0.2, 0) is 0 Å². The van der Waals surface area contributed by atoms with Crippen LogP contribution in [0.1, 0.15) is 15.9 Å². The molecular weight excluding hydrogens is 371 g/mol. The summed E-state index contributed by atoms with van der Waals surface area (Å²) in [6.07, 6.45) is 2.77. The molecule has 0 aliphatic carbocycles. The van der Waals surface area contributed by atoms with Crippen molar-refractivity contribution in [2.75, 3.05) is 17.7 Å². The highest BCUT2D eigenvalue weighted by Crippen LogP contribution is 2.28. The quantitative estimate of drug-likeness (QED) is 0.617. The molecule has 1 amide bonds. The standard InChI is InChI=1S/C20H16F3N3O2/c1-11-3-6-17(28-2)16(7-11)25-13-8-12(9-24-10-13)20(27)26-15-5-4-14(21)18(22)19(15)23/h3-10,25H,1-2H3,(H,26,27). The zero-order chi connectivity index (χ0) is 20.3. The second kappa shape index (κ2) is 7.99. The number of aromatic nitrogens is 1. The van der Waals surface area contributed by atoms with E-state index in [9.17, 15) is 18.0 Å². The first-order chi connectivity index (χ1) is 13.4. The van der Waals surface area contributed by atoms with Gasteiger partial charge in [-0.15, -0.1) is 0 Å². The zero-order valence-corrected chi connectivity index (χ0v) is 15.0. The fourth-order valence-corrected chi connectivity index (χ4v) is 2.52. The molecular formula is C20H16F3N3O2. The predicted molar refractivity (Wildman–Crippen MR) is 99.5 cm³/mol. The van der Waals surface area contributed by atoms with Crippen LogP contribution in [0, 0.1) is 24.4 Å². The van der Waals surface area contributed by atoms with Crippen LogP contribution in [-0.4, -0.2) is 18.0 Å². The van der Waals surface area contributed by atoms with Gasteiger partial charge >= 0.3 is 0 Å². The highest BCUT2D eigenvalue weighted by atomic mass is 19.2. The Labute approximate surface area is 159 Å². The average molecular weight is 387 g/mol. The van der Waals surface area contributed by atoms with Gasteiger partial charge in [0.25, 0.3) is 5.91 Å². The maximum absolute atomic E-state index is 13.8. The van der Waals surface area contributed by atoms with Crippen molar-refractivity contribution in [2.45, 2.75) is 6.92 Å². The molecule has 0 aliphatic heterocycles. The number of carbonyl (C=O) groups is 1. The molecule has 0 unspecified atom stereocenters. The lowest BCUT2D eigenvalue weighted by atomic mass is 10.2. The fraction of sp³-hybridized carbons (Fsp3) is 0.100. The molecule has 0 saturated carbocycles. The van der Waals surface area contributed by atoms with E-state index < -0.39 is 29.0 Å². The van der Waals surface area contributed by atoms with Crippen molar-refractivity contribution in [3.8, 4) is 5.75 Å². The molecule has 2 N–H and O–H groups in total. The van der Waals surface area contributed by atoms with Crippen LogP contribution in [0.5, 0.6) is 5.75 Å². The number of nitrogens with zero attached hydrogens (tertiary/aromatic N) is 1. The summed E-state index contributed by atoms with van der Waals surface area (Å²) in [5.41, 5.74) is 1.79. The number of pyridine rings is 1. The van der Waals surface area contributed by atoms with Gasteiger partial charge < -0.3 is 15.4 Å². The van der Waals surface area contributed by atoms with E-state index in [0.717, 1.165) is 17.7 Å². The SMILES string of the molecule is COc1ccc(C)cc1Nc1cncc(C(=O)Nc2ccc(F)c(F)c2F)c1. The van der Waals surface area contributed by atoms with Crippen molar-refractivity contribution in [1.82, 2.24) is 4.98 Å². The molecule has 0 aliphatic rings. The molecule has 0 fully saturated rings. The van der Waals surface area contributed by atoms with Gasteiger partial charge in [0, 0.05) is 6.20 Å². The molecule has 0 radical (unpaired) electrons. The molecule has 1 heterocycles. The van der Waals surface area contributed by atoms with E-state index in [1.165, 1.54) is 25.6 Å². The minimum absolute atomic E-state index is 0.0979. The van der Waals surface area contributed by atoms with Crippen LogP contribution in [0.2, 0.25) is 0 Å². The Morgan fingerprint density at radius 1 is 1.00 bits per heavy atom. The molecule has 3 rings (SSSR count). The number of amides is 1. The maximum atomic E-state index is 13.8. The summed E-state index contributed by atoms with van der Waals surface area (Å²) < 4.78 is 45.4. The first kappa shape index (κ1) is 19.2. The molecule has 28 heavy (non-hydrogen) atoms. The third-order valence-electron chi connectivity index (χ3n) is 3.92. The maximum Gasteiger partial charge on any atom is 0.257 e. The Balaban J connectivity index is 1.83. The van der Waals surface area contributed by atoms with Gasteiger partial charge in [-0.05, 0) is 42.8 Å². The number of hydrogen-bond donors (Lipinski definition) is 2. The van der Waals surface area contributed by atoms with Crippen molar-refractivity contribution in [1.29, 1.82) is 0 Å². The minimum atomic E-state index is -1.65. The molecule has 0 spiro atoms. The minimum Gasteiger partial charge on any atom is -0.495 e. The Kier molecular flexibility index (Phi) is 5.49. The summed E-state index contributed by atoms with van der Waals surface area (Å²) in [5.74, 6) is -4.59. The van der Waals surface area contributed by atoms with E-state index >= 15 is 0 Å². The third-order valence-corrected chi connectivity index (χ3v) is 3.92. The molecule has 0 atom stereocenters. The van der Waals surface area contributed by atoms with Gasteiger partial charge in [0.15, 0.2) is 17.5 Å². The second-order valence-corrected chi connectivity index (χ2v) is 5.97. The largest absolute Gasteiger partial charge is 0.495 e. The van der Waals surface area contributed by atoms with E-state index in [1.807, 2.05) is 19.1 Å². The van der Waals surface area contributed by atoms with Crippen LogP contribution >= 0.6 is 0 Å². The van der Waals surface area contributed by atoms with E-state index in [-0.39, 0.29) is 5.56 Å². The summed E-state index contributed by atoms with van der Waals surface area (Å²) in [6.45, 7) is 1.92. The number of hydrogen-bond acceptors (Lipinski definition) is 4. The predicted octanol–water partition coefficient (Wildman–Crippen LogP) is 4.81. The lowest BCUT2D eigenvalue weighted by Gasteiger charge is -2.13. The first-order valence-corrected chi connectivity index (χ1v) is 8.20. The van der Waals surface area contributed by atoms with E-state index in [4.69, 9.17) is 4.74 Å². The smallest absolute Gasteiger partial charge is 0.257 e. The Hall–Kier alpha value is -3.55. The molecule has 8 heteroatoms. The number of halogens is 3. The highest BCUT2D eigenvalue weighted by Gasteiger charge is 2.16. The van der Waals surface area contributed by atoms with Crippen molar-refractivity contribution in [3.05, 3.63) is 77.4 Å². The van der Waals surface area contributed by atoms with Crippen LogP contribution in [0.4, 0.5) is 30.2 Å². The molecule has 3 aromatic rings. The Morgan fingerprint density at radius 2 is 1.79 bits per heavy atom. The van der Waals surface area contributed by atoms with Crippen molar-refractivity contribution < 1.29 is 22.7 Å². The van der Waals surface area contributed by atoms with E-state index in [1.54, 1.807) is 6.07 Å². The fourth-order valence-electron chi connectivity index (χ4n) is 2.52. The van der Waals surface area contributed by atoms with Crippen molar-refractivity contribution in [3.63, 3.8) is 0 Å². The molecule has 144 valence electrons. The molecule has 5 nitrogen and oxygen atoms in total. The van der Waals surface area contributed by atoms with Gasteiger partial charge in [0.1, 0.15) is 5.75 Å². The number of rotatable bonds is 5. The Morgan fingerprint density at radius 3 is 2.54 bits per heavy atom. The number of carbonyl (C=O) groups excluding carboxylic acids is 1. The van der Waals surface area contributed by atoms with Gasteiger partial charge in [0.2, 0.25) is 0 Å². The third kappa shape index (κ3) is 4.06. The zero-order valence-electron chi connectivity index (χ0n) is 15.0. The molecule has 0 bridgehead atoms. The van der Waals surface area contributed by atoms with Crippen LogP contribution in [0.3, 0.4) is 0 Å². The normalized spacial score (nSPS) is 10.5. The van der Waals surface area contributed by atoms with Gasteiger partial charge in [-0.1, -0.05) is 6.07 Å². The van der Waals surface area contributed by atoms with E-state index in [0.29, 0.717) is 17.1 Å². The summed E-state index contributed by atoms with van der Waals surface area (Å²) in [4.78, 5) is 16.3. The van der Waals surface area contributed by atoms with Gasteiger partial charge in [-0.2, -0.15) is 0 Å². The lowest BCUT2D eigenvalue weighted by Crippen LogP contribution is -2.14. The number of benzene rings is 2. The van der Waals surface area contributed by atoms with Crippen molar-refractivity contribution in [2.24, 2.45) is 0 Å². The monoisotopic (exact) mass is 387 g/mol. The van der Waals surface area contributed by atoms with Crippen LogP contribution in [0.25, 0.3) is 0 Å². The number of ether oxygens (including phenoxy) is 1. The van der Waals surface area contributed by atoms with Crippen LogP contribution in [0.15, 0.2) is 48.8 Å². The highest BCUT2D eigenvalue weighted by molar-refractivity contribution is 6.04. The van der Waals surface area contributed by atoms with Gasteiger partial charge in [-0.25, -0.2) is 13.2 Å². The average Bonchev–Trinajstić information content (AvgIpc) is 2.69. The Bertz CT molecular complexity index is 1040. The number of nitrogens with one attached hydrogen (secondary N) is 2. The van der Waals surface area contributed by atoms with Gasteiger partial charge in [-0.3, -0.25) is 9.78 Å². The van der Waals surface area contributed by atoms with E-state index in [2.05, 4.69) is 15.6 Å². The lowest BCUT2D eigenvalue weighted by molar-refractivity contribution is 0.102. The summed E-state index contributed by atoms with van der Waals surface area (Å²) >= 11 is 0. The second-order valence-electron chi connectivity index (χ2n) is 5.97. The summed E-state index contributed by atoms with van der Waals surface area (Å²) in [5, 5.41) is 5.30. The summed E-state index contributed by atoms with van der Waals surface area (Å²) in [6, 6.07) is 8.72. The summed E-state index contributed by atoms with van der Waals surface area (Å²) in [7, 11) is 1.54. The number of methoxy groups -OCH3 is 1. The van der Waals surface area contributed by atoms with Gasteiger partial charge in [0.05, 0.1) is 35.9 Å². The van der Waals surface area contributed by atoms with Crippen LogP contribution < -0.4 is 15.4 Å². The number of anilines is 3. The number of aryl methyl sites for hydroxylation is 1. The van der Waals surface area contributed by atoms with Crippen molar-refractivity contribution >= 4 is 23.0 Å². The molecule has 1 aromatic heterocycles. The first-order valence-electron chi connectivity index (χ1n) is 8.20.